The number of hydrogen-bond donors (Lipinski definition) is 1. The van der Waals surface area contributed by atoms with Gasteiger partial charge in [-0.15, -0.1) is 0 Å². The van der Waals surface area contributed by atoms with Crippen LogP contribution in [-0.2, 0) is 22.2 Å². The van der Waals surface area contributed by atoms with Gasteiger partial charge in [0.2, 0.25) is 5.91 Å². The molecule has 0 bridgehead atoms. The fourth-order valence-corrected chi connectivity index (χ4v) is 4.50. The molecule has 36 heavy (non-hydrogen) atoms. The van der Waals surface area contributed by atoms with Crippen LogP contribution in [0.1, 0.15) is 17.5 Å². The third kappa shape index (κ3) is 5.85. The van der Waals surface area contributed by atoms with Gasteiger partial charge in [0.25, 0.3) is 5.91 Å². The topological polar surface area (TPSA) is 52.7 Å². The normalized spacial score (nSPS) is 15.9. The number of carbonyl (C=O) groups excluding carboxylic acids is 2. The van der Waals surface area contributed by atoms with Crippen molar-refractivity contribution in [2.75, 3.05) is 16.8 Å². The minimum atomic E-state index is -4.58. The maximum absolute atomic E-state index is 13.4. The second kappa shape index (κ2) is 10.7. The van der Waals surface area contributed by atoms with E-state index in [1.54, 1.807) is 47.4 Å². The van der Waals surface area contributed by atoms with Gasteiger partial charge in [-0.3, -0.25) is 14.5 Å². The fraction of sp³-hybridized carbons (Fsp3) is 0.192. The smallest absolute Gasteiger partial charge is 0.336 e. The number of thiocarbonyl (C=S) groups is 1. The number of carbonyl (C=O) groups is 2. The van der Waals surface area contributed by atoms with Gasteiger partial charge in [0.15, 0.2) is 5.11 Å². The van der Waals surface area contributed by atoms with Crippen LogP contribution < -0.4 is 10.2 Å². The Labute approximate surface area is 216 Å². The molecule has 0 unspecified atom stereocenters. The summed E-state index contributed by atoms with van der Waals surface area (Å²) in [4.78, 5) is 28.9. The molecular formula is C26H21ClF3N3O2S. The first-order valence-corrected chi connectivity index (χ1v) is 11.8. The molecule has 186 valence electrons. The monoisotopic (exact) mass is 531 g/mol. The van der Waals surface area contributed by atoms with E-state index >= 15 is 0 Å². The Morgan fingerprint density at radius 3 is 2.36 bits per heavy atom. The Kier molecular flexibility index (Phi) is 7.61. The lowest BCUT2D eigenvalue weighted by atomic mass is 10.1. The number of benzene rings is 3. The van der Waals surface area contributed by atoms with Gasteiger partial charge in [-0.2, -0.15) is 13.2 Å². The molecular weight excluding hydrogens is 511 g/mol. The second-order valence-electron chi connectivity index (χ2n) is 8.21. The summed E-state index contributed by atoms with van der Waals surface area (Å²) in [5.74, 6) is -0.969. The van der Waals surface area contributed by atoms with Gasteiger partial charge in [0, 0.05) is 17.3 Å². The number of rotatable bonds is 7. The van der Waals surface area contributed by atoms with Gasteiger partial charge in [0.05, 0.1) is 17.7 Å². The quantitative estimate of drug-likeness (QED) is 0.384. The number of anilines is 2. The van der Waals surface area contributed by atoms with E-state index in [0.717, 1.165) is 22.6 Å². The summed E-state index contributed by atoms with van der Waals surface area (Å²) in [7, 11) is 0. The zero-order valence-corrected chi connectivity index (χ0v) is 20.4. The van der Waals surface area contributed by atoms with E-state index in [-0.39, 0.29) is 23.8 Å². The number of hydrogen-bond acceptors (Lipinski definition) is 3. The van der Waals surface area contributed by atoms with Crippen LogP contribution in [0, 0.1) is 0 Å². The van der Waals surface area contributed by atoms with Gasteiger partial charge in [-0.25, -0.2) is 0 Å². The molecule has 3 aromatic carbocycles. The highest BCUT2D eigenvalue weighted by Gasteiger charge is 2.44. The number of amides is 2. The minimum absolute atomic E-state index is 0.00212. The van der Waals surface area contributed by atoms with E-state index in [4.69, 9.17) is 23.8 Å². The number of alkyl halides is 3. The van der Waals surface area contributed by atoms with Crippen LogP contribution in [0.5, 0.6) is 0 Å². The first-order chi connectivity index (χ1) is 17.1. The van der Waals surface area contributed by atoms with Crippen LogP contribution in [-0.4, -0.2) is 34.4 Å². The molecule has 1 atom stereocenters. The molecule has 2 amide bonds. The second-order valence-corrected chi connectivity index (χ2v) is 9.01. The Morgan fingerprint density at radius 2 is 1.69 bits per heavy atom. The molecule has 0 aromatic heterocycles. The van der Waals surface area contributed by atoms with Crippen molar-refractivity contribution in [3.8, 4) is 0 Å². The molecule has 4 rings (SSSR count). The van der Waals surface area contributed by atoms with Crippen LogP contribution in [0.25, 0.3) is 0 Å². The molecule has 1 fully saturated rings. The molecule has 1 heterocycles. The van der Waals surface area contributed by atoms with E-state index in [1.807, 2.05) is 12.1 Å². The number of para-hydroxylation sites is 1. The van der Waals surface area contributed by atoms with Crippen LogP contribution >= 0.6 is 23.8 Å². The van der Waals surface area contributed by atoms with E-state index in [9.17, 15) is 22.8 Å². The van der Waals surface area contributed by atoms with Crippen molar-refractivity contribution in [2.24, 2.45) is 0 Å². The lowest BCUT2D eigenvalue weighted by Gasteiger charge is -2.24. The highest BCUT2D eigenvalue weighted by atomic mass is 35.5. The van der Waals surface area contributed by atoms with E-state index in [2.05, 4.69) is 5.32 Å². The highest BCUT2D eigenvalue weighted by Crippen LogP contribution is 2.34. The standard InChI is InChI=1S/C26H21ClF3N3O2S/c27-19-11-9-17(10-12-19)13-14-32-22(16-23(34)31-20-6-2-1-3-7-20)24(35)33(25(32)36)21-8-4-5-18(15-21)26(28,29)30/h1-12,15,22H,13-14,16H2,(H,31,34)/t22-/m1/s1. The Hall–Kier alpha value is -3.43. The molecule has 1 saturated heterocycles. The van der Waals surface area contributed by atoms with Gasteiger partial charge in [-0.1, -0.05) is 48.0 Å². The largest absolute Gasteiger partial charge is 0.416 e. The summed E-state index contributed by atoms with van der Waals surface area (Å²) in [6.07, 6.45) is -4.31. The molecule has 10 heteroatoms. The number of nitrogens with one attached hydrogen (secondary N) is 1. The zero-order valence-electron chi connectivity index (χ0n) is 18.8. The van der Waals surface area contributed by atoms with Crippen molar-refractivity contribution in [1.29, 1.82) is 0 Å². The molecule has 1 N–H and O–H groups in total. The average molecular weight is 532 g/mol. The SMILES string of the molecule is O=C(C[C@@H]1C(=O)N(c2cccc(C(F)(F)F)c2)C(=S)N1CCc1ccc(Cl)cc1)Nc1ccccc1. The summed E-state index contributed by atoms with van der Waals surface area (Å²) >= 11 is 11.5. The van der Waals surface area contributed by atoms with Crippen molar-refractivity contribution in [3.63, 3.8) is 0 Å². The summed E-state index contributed by atoms with van der Waals surface area (Å²) < 4.78 is 39.9. The lowest BCUT2D eigenvalue weighted by Crippen LogP contribution is -2.39. The van der Waals surface area contributed by atoms with E-state index in [1.165, 1.54) is 12.1 Å². The predicted octanol–water partition coefficient (Wildman–Crippen LogP) is 5.93. The first-order valence-electron chi connectivity index (χ1n) is 11.0. The lowest BCUT2D eigenvalue weighted by molar-refractivity contribution is -0.137. The Balaban J connectivity index is 1.60. The maximum atomic E-state index is 13.4. The first kappa shape index (κ1) is 25.7. The van der Waals surface area contributed by atoms with Crippen LogP contribution in [0.3, 0.4) is 0 Å². The summed E-state index contributed by atoms with van der Waals surface area (Å²) in [5.41, 5.74) is 0.605. The minimum Gasteiger partial charge on any atom is -0.336 e. The third-order valence-corrected chi connectivity index (χ3v) is 6.41. The van der Waals surface area contributed by atoms with Gasteiger partial charge in [-0.05, 0) is 66.7 Å². The fourth-order valence-electron chi connectivity index (χ4n) is 3.96. The summed E-state index contributed by atoms with van der Waals surface area (Å²) in [5, 5.41) is 3.37. The van der Waals surface area contributed by atoms with Crippen LogP contribution in [0.2, 0.25) is 5.02 Å². The molecule has 1 aliphatic rings. The van der Waals surface area contributed by atoms with Crippen LogP contribution in [0.15, 0.2) is 78.9 Å². The number of halogens is 4. The Morgan fingerprint density at radius 1 is 1.00 bits per heavy atom. The average Bonchev–Trinajstić information content (AvgIpc) is 3.07. The van der Waals surface area contributed by atoms with Gasteiger partial charge in [0.1, 0.15) is 6.04 Å². The molecule has 0 saturated carbocycles. The molecule has 5 nitrogen and oxygen atoms in total. The zero-order chi connectivity index (χ0) is 25.9. The van der Waals surface area contributed by atoms with Gasteiger partial charge < -0.3 is 10.2 Å². The maximum Gasteiger partial charge on any atom is 0.416 e. The third-order valence-electron chi connectivity index (χ3n) is 5.74. The molecule has 0 spiro atoms. The van der Waals surface area contributed by atoms with Crippen molar-refractivity contribution in [3.05, 3.63) is 95.0 Å². The van der Waals surface area contributed by atoms with Crippen molar-refractivity contribution >= 4 is 52.1 Å². The molecule has 3 aromatic rings. The summed E-state index contributed by atoms with van der Waals surface area (Å²) in [6.45, 7) is 0.283. The van der Waals surface area contributed by atoms with E-state index in [0.29, 0.717) is 17.1 Å². The highest BCUT2D eigenvalue weighted by molar-refractivity contribution is 7.80. The van der Waals surface area contributed by atoms with Crippen molar-refractivity contribution in [2.45, 2.75) is 25.1 Å². The number of nitrogens with zero attached hydrogens (tertiary/aromatic N) is 2. The van der Waals surface area contributed by atoms with Crippen molar-refractivity contribution in [1.82, 2.24) is 4.90 Å². The molecule has 0 radical (unpaired) electrons. The predicted molar refractivity (Wildman–Crippen MR) is 137 cm³/mol. The van der Waals surface area contributed by atoms with E-state index < -0.39 is 29.6 Å². The van der Waals surface area contributed by atoms with Gasteiger partial charge >= 0.3 is 6.18 Å². The summed E-state index contributed by atoms with van der Waals surface area (Å²) in [6, 6.07) is 19.4. The molecule has 1 aliphatic heterocycles. The van der Waals surface area contributed by atoms with Crippen molar-refractivity contribution < 1.29 is 22.8 Å². The Bertz CT molecular complexity index is 1270. The molecule has 0 aliphatic carbocycles. The van der Waals surface area contributed by atoms with Crippen LogP contribution in [0.4, 0.5) is 24.5 Å².